The van der Waals surface area contributed by atoms with Gasteiger partial charge in [-0.15, -0.1) is 0 Å². The van der Waals surface area contributed by atoms with Gasteiger partial charge in [0.1, 0.15) is 0 Å². The first-order chi connectivity index (χ1) is 8.82. The van der Waals surface area contributed by atoms with Crippen LogP contribution in [0.4, 0.5) is 0 Å². The maximum absolute atomic E-state index is 12.2. The molecule has 1 heterocycles. The lowest BCUT2D eigenvalue weighted by molar-refractivity contribution is 0.0696. The molecule has 0 saturated carbocycles. The summed E-state index contributed by atoms with van der Waals surface area (Å²) in [5.41, 5.74) is 0.571. The van der Waals surface area contributed by atoms with E-state index in [9.17, 15) is 13.2 Å². The zero-order valence-electron chi connectivity index (χ0n) is 10.6. The summed E-state index contributed by atoms with van der Waals surface area (Å²) in [6.07, 6.45) is 1.58. The minimum absolute atomic E-state index is 0.1000. The number of benzene rings is 1. The molecular formula is C13H14O4S2. The lowest BCUT2D eigenvalue weighted by atomic mass is 10.1. The molecule has 1 aromatic rings. The second-order valence-corrected chi connectivity index (χ2v) is 8.07. The molecule has 0 saturated heterocycles. The van der Waals surface area contributed by atoms with Crippen molar-refractivity contribution in [1.82, 2.24) is 0 Å². The molecule has 1 aliphatic rings. The number of carbonyl (C=O) groups is 1. The molecule has 0 unspecified atom stereocenters. The van der Waals surface area contributed by atoms with Gasteiger partial charge in [-0.25, -0.2) is 13.2 Å². The predicted octanol–water partition coefficient (Wildman–Crippen LogP) is 2.65. The van der Waals surface area contributed by atoms with Crippen molar-refractivity contribution in [3.05, 3.63) is 34.2 Å². The van der Waals surface area contributed by atoms with E-state index in [1.165, 1.54) is 18.2 Å². The third-order valence-corrected chi connectivity index (χ3v) is 6.00. The molecule has 1 aliphatic heterocycles. The average Bonchev–Trinajstić information content (AvgIpc) is 2.57. The van der Waals surface area contributed by atoms with Gasteiger partial charge in [0.15, 0.2) is 0 Å². The third kappa shape index (κ3) is 2.69. The van der Waals surface area contributed by atoms with Crippen molar-refractivity contribution in [1.29, 1.82) is 0 Å². The second-order valence-electron chi connectivity index (χ2n) is 4.53. The fraction of sp³-hybridized carbons (Fsp3) is 0.308. The molecule has 1 aromatic carbocycles. The van der Waals surface area contributed by atoms with Crippen LogP contribution < -0.4 is 0 Å². The van der Waals surface area contributed by atoms with Crippen molar-refractivity contribution in [2.45, 2.75) is 24.0 Å². The van der Waals surface area contributed by atoms with Gasteiger partial charge in [0, 0.05) is 5.75 Å². The van der Waals surface area contributed by atoms with Crippen molar-refractivity contribution in [2.24, 2.45) is 0 Å². The van der Waals surface area contributed by atoms with Gasteiger partial charge in [-0.05, 0) is 35.1 Å². The first-order valence-electron chi connectivity index (χ1n) is 5.77. The van der Waals surface area contributed by atoms with E-state index in [4.69, 9.17) is 5.11 Å². The number of carboxylic acid groups (broad SMARTS) is 1. The molecule has 4 nitrogen and oxygen atoms in total. The van der Waals surface area contributed by atoms with Gasteiger partial charge >= 0.3 is 5.97 Å². The Morgan fingerprint density at radius 2 is 2.05 bits per heavy atom. The van der Waals surface area contributed by atoms with Gasteiger partial charge in [0.25, 0.3) is 0 Å². The fourth-order valence-corrected chi connectivity index (χ4v) is 4.44. The van der Waals surface area contributed by atoms with E-state index in [-0.39, 0.29) is 10.5 Å². The Kier molecular flexibility index (Phi) is 3.73. The van der Waals surface area contributed by atoms with E-state index in [2.05, 4.69) is 0 Å². The molecule has 6 heteroatoms. The summed E-state index contributed by atoms with van der Waals surface area (Å²) in [6, 6.07) is 4.10. The smallest absolute Gasteiger partial charge is 0.335 e. The minimum atomic E-state index is -3.44. The number of hydrogen-bond acceptors (Lipinski definition) is 4. The van der Waals surface area contributed by atoms with Crippen LogP contribution in [-0.4, -0.2) is 30.5 Å². The number of aromatic carboxylic acids is 1. The Balaban J connectivity index is 2.40. The molecule has 0 fully saturated rings. The zero-order valence-corrected chi connectivity index (χ0v) is 12.2. The molecule has 1 N–H and O–H groups in total. The van der Waals surface area contributed by atoms with Gasteiger partial charge in [0.2, 0.25) is 9.84 Å². The normalized spacial score (nSPS) is 16.3. The van der Waals surface area contributed by atoms with E-state index < -0.39 is 15.8 Å². The molecule has 0 atom stereocenters. The first kappa shape index (κ1) is 14.1. The summed E-state index contributed by atoms with van der Waals surface area (Å²) in [5, 5.41) is 9.26. The highest BCUT2D eigenvalue weighted by molar-refractivity contribution is 8.02. The highest BCUT2D eigenvalue weighted by atomic mass is 32.2. The second kappa shape index (κ2) is 5.02. The zero-order chi connectivity index (χ0) is 14.2. The summed E-state index contributed by atoms with van der Waals surface area (Å²) >= 11 is 1.55. The standard InChI is InChI=1S/C13H14O4S2/c1-8(2)18-7-11-6-10-5-9(13(14)15)3-4-12(10)19(11,16)17/h3-6,8H,7H2,1-2H3,(H,14,15). The molecule has 2 rings (SSSR count). The summed E-state index contributed by atoms with van der Waals surface area (Å²) in [5.74, 6) is -0.643. The van der Waals surface area contributed by atoms with Crippen molar-refractivity contribution >= 4 is 33.6 Å². The van der Waals surface area contributed by atoms with Crippen LogP contribution in [0.1, 0.15) is 29.8 Å². The summed E-state index contributed by atoms with van der Waals surface area (Å²) < 4.78 is 24.5. The maximum atomic E-state index is 12.2. The van der Waals surface area contributed by atoms with Crippen LogP contribution in [0, 0.1) is 0 Å². The molecule has 0 spiro atoms. The van der Waals surface area contributed by atoms with Crippen LogP contribution in [-0.2, 0) is 9.84 Å². The molecule has 0 amide bonds. The SMILES string of the molecule is CC(C)SCC1=Cc2cc(C(=O)O)ccc2S1(=O)=O. The Morgan fingerprint density at radius 3 is 2.63 bits per heavy atom. The van der Waals surface area contributed by atoms with Gasteiger partial charge in [-0.2, -0.15) is 11.8 Å². The highest BCUT2D eigenvalue weighted by Gasteiger charge is 2.29. The Bertz CT molecular complexity index is 657. The van der Waals surface area contributed by atoms with Gasteiger partial charge < -0.3 is 5.11 Å². The maximum Gasteiger partial charge on any atom is 0.335 e. The van der Waals surface area contributed by atoms with Gasteiger partial charge in [-0.1, -0.05) is 13.8 Å². The van der Waals surface area contributed by atoms with Crippen LogP contribution >= 0.6 is 11.8 Å². The first-order valence-corrected chi connectivity index (χ1v) is 8.30. The lowest BCUT2D eigenvalue weighted by Gasteiger charge is -2.06. The predicted molar refractivity (Wildman–Crippen MR) is 76.2 cm³/mol. The largest absolute Gasteiger partial charge is 0.478 e. The van der Waals surface area contributed by atoms with Crippen molar-refractivity contribution in [2.75, 3.05) is 5.75 Å². The van der Waals surface area contributed by atoms with Crippen LogP contribution in [0.15, 0.2) is 28.0 Å². The minimum Gasteiger partial charge on any atom is -0.478 e. The summed E-state index contributed by atoms with van der Waals surface area (Å²) in [6.45, 7) is 4.00. The van der Waals surface area contributed by atoms with Crippen LogP contribution in [0.3, 0.4) is 0 Å². The van der Waals surface area contributed by atoms with E-state index in [1.807, 2.05) is 13.8 Å². The van der Waals surface area contributed by atoms with Crippen molar-refractivity contribution < 1.29 is 18.3 Å². The average molecular weight is 298 g/mol. The number of thioether (sulfide) groups is 1. The van der Waals surface area contributed by atoms with Crippen LogP contribution in [0.5, 0.6) is 0 Å². The fourth-order valence-electron chi connectivity index (χ4n) is 1.80. The molecule has 0 aromatic heterocycles. The quantitative estimate of drug-likeness (QED) is 0.925. The summed E-state index contributed by atoms with van der Waals surface area (Å²) in [7, 11) is -3.44. The number of sulfone groups is 1. The number of rotatable bonds is 4. The molecule has 0 radical (unpaired) electrons. The third-order valence-electron chi connectivity index (χ3n) is 2.77. The molecule has 19 heavy (non-hydrogen) atoms. The van der Waals surface area contributed by atoms with E-state index in [1.54, 1.807) is 17.8 Å². The van der Waals surface area contributed by atoms with E-state index in [0.717, 1.165) is 0 Å². The lowest BCUT2D eigenvalue weighted by Crippen LogP contribution is -2.05. The van der Waals surface area contributed by atoms with E-state index in [0.29, 0.717) is 21.5 Å². The Hall–Kier alpha value is -1.27. The Labute approximate surface area is 116 Å². The number of hydrogen-bond donors (Lipinski definition) is 1. The van der Waals surface area contributed by atoms with Gasteiger partial charge in [-0.3, -0.25) is 0 Å². The molecular weight excluding hydrogens is 284 g/mol. The van der Waals surface area contributed by atoms with Gasteiger partial charge in [0.05, 0.1) is 15.4 Å². The topological polar surface area (TPSA) is 71.4 Å². The van der Waals surface area contributed by atoms with Crippen LogP contribution in [0.25, 0.3) is 6.08 Å². The molecule has 102 valence electrons. The van der Waals surface area contributed by atoms with Crippen molar-refractivity contribution in [3.63, 3.8) is 0 Å². The van der Waals surface area contributed by atoms with Crippen molar-refractivity contribution in [3.8, 4) is 0 Å². The summed E-state index contributed by atoms with van der Waals surface area (Å²) in [4.78, 5) is 11.4. The molecule has 0 aliphatic carbocycles. The van der Waals surface area contributed by atoms with E-state index >= 15 is 0 Å². The monoisotopic (exact) mass is 298 g/mol. The number of fused-ring (bicyclic) bond motifs is 1. The highest BCUT2D eigenvalue weighted by Crippen LogP contribution is 2.35. The molecule has 0 bridgehead atoms. The number of carboxylic acids is 1. The van der Waals surface area contributed by atoms with Crippen LogP contribution in [0.2, 0.25) is 0 Å². The Morgan fingerprint density at radius 1 is 1.37 bits per heavy atom.